The lowest BCUT2D eigenvalue weighted by Crippen LogP contribution is -2.35. The van der Waals surface area contributed by atoms with Crippen LogP contribution in [0.2, 0.25) is 0 Å². The average Bonchev–Trinajstić information content (AvgIpc) is 3.31. The van der Waals surface area contributed by atoms with Crippen LogP contribution in [-0.2, 0) is 4.79 Å². The van der Waals surface area contributed by atoms with E-state index in [0.717, 1.165) is 31.5 Å². The van der Waals surface area contributed by atoms with Crippen LogP contribution in [0, 0.1) is 0 Å². The molecule has 1 saturated carbocycles. The maximum atomic E-state index is 12.1. The molecule has 2 nitrogen and oxygen atoms in total. The molecule has 1 aliphatic heterocycles. The van der Waals surface area contributed by atoms with Gasteiger partial charge < -0.3 is 4.90 Å². The van der Waals surface area contributed by atoms with Gasteiger partial charge in [-0.15, -0.1) is 0 Å². The second-order valence-electron chi connectivity index (χ2n) is 5.28. The van der Waals surface area contributed by atoms with Gasteiger partial charge in [0.1, 0.15) is 0 Å². The summed E-state index contributed by atoms with van der Waals surface area (Å²) in [6.45, 7) is 1.77. The van der Waals surface area contributed by atoms with Crippen molar-refractivity contribution in [1.29, 1.82) is 0 Å². The second kappa shape index (κ2) is 5.43. The van der Waals surface area contributed by atoms with E-state index in [1.165, 1.54) is 12.8 Å². The van der Waals surface area contributed by atoms with E-state index in [0.29, 0.717) is 0 Å². The minimum absolute atomic E-state index is 0.142. The second-order valence-corrected chi connectivity index (χ2v) is 5.28. The lowest BCUT2D eigenvalue weighted by molar-refractivity contribution is -0.126. The smallest absolute Gasteiger partial charge is 0.246 e. The summed E-state index contributed by atoms with van der Waals surface area (Å²) >= 11 is 0. The first-order valence-electron chi connectivity index (χ1n) is 7.05. The fourth-order valence-corrected chi connectivity index (χ4v) is 2.60. The molecule has 0 atom stereocenters. The number of piperidine rings is 1. The highest BCUT2D eigenvalue weighted by Crippen LogP contribution is 2.35. The molecule has 1 aromatic rings. The van der Waals surface area contributed by atoms with Gasteiger partial charge in [0.2, 0.25) is 5.91 Å². The molecule has 0 N–H and O–H groups in total. The topological polar surface area (TPSA) is 20.3 Å². The molecule has 98 valence electrons. The Bertz CT molecular complexity index is 511. The SMILES string of the molecule is O=C(C=Cc1ccccc1)N1CCC(=C2CC2)CC1. The molecule has 2 fully saturated rings. The van der Waals surface area contributed by atoms with Gasteiger partial charge in [-0.25, -0.2) is 0 Å². The molecule has 1 amide bonds. The molecule has 1 saturated heterocycles. The minimum Gasteiger partial charge on any atom is -0.339 e. The molecular weight excluding hydrogens is 234 g/mol. The summed E-state index contributed by atoms with van der Waals surface area (Å²) in [6.07, 6.45) is 8.37. The van der Waals surface area contributed by atoms with E-state index in [1.807, 2.05) is 41.3 Å². The Labute approximate surface area is 114 Å². The van der Waals surface area contributed by atoms with E-state index >= 15 is 0 Å². The van der Waals surface area contributed by atoms with Gasteiger partial charge in [-0.05, 0) is 37.3 Å². The van der Waals surface area contributed by atoms with Gasteiger partial charge in [-0.1, -0.05) is 41.5 Å². The van der Waals surface area contributed by atoms with Crippen LogP contribution in [0.1, 0.15) is 31.2 Å². The Morgan fingerprint density at radius 3 is 2.21 bits per heavy atom. The van der Waals surface area contributed by atoms with Gasteiger partial charge in [0, 0.05) is 19.2 Å². The number of benzene rings is 1. The van der Waals surface area contributed by atoms with E-state index in [4.69, 9.17) is 0 Å². The molecule has 2 aliphatic rings. The molecule has 0 bridgehead atoms. The Morgan fingerprint density at radius 2 is 1.58 bits per heavy atom. The summed E-state index contributed by atoms with van der Waals surface area (Å²) in [5.41, 5.74) is 4.36. The monoisotopic (exact) mass is 253 g/mol. The standard InChI is InChI=1S/C17H19NO/c19-17(9-6-14-4-2-1-3-5-14)18-12-10-16(11-13-18)15-7-8-15/h1-6,9H,7-8,10-13H2. The summed E-state index contributed by atoms with van der Waals surface area (Å²) in [5.74, 6) is 0.142. The number of allylic oxidation sites excluding steroid dienone is 1. The maximum absolute atomic E-state index is 12.1. The van der Waals surface area contributed by atoms with Crippen molar-refractivity contribution < 1.29 is 4.79 Å². The van der Waals surface area contributed by atoms with Crippen LogP contribution in [0.3, 0.4) is 0 Å². The lowest BCUT2D eigenvalue weighted by atomic mass is 10.0. The Kier molecular flexibility index (Phi) is 3.49. The number of likely N-dealkylation sites (tertiary alicyclic amines) is 1. The number of carbonyl (C=O) groups is 1. The van der Waals surface area contributed by atoms with Crippen LogP contribution < -0.4 is 0 Å². The first-order valence-corrected chi connectivity index (χ1v) is 7.05. The van der Waals surface area contributed by atoms with Crippen molar-refractivity contribution in [2.75, 3.05) is 13.1 Å². The molecule has 19 heavy (non-hydrogen) atoms. The zero-order chi connectivity index (χ0) is 13.1. The number of nitrogens with zero attached hydrogens (tertiary/aromatic N) is 1. The van der Waals surface area contributed by atoms with Gasteiger partial charge in [0.05, 0.1) is 0 Å². The van der Waals surface area contributed by atoms with Crippen LogP contribution in [-0.4, -0.2) is 23.9 Å². The summed E-state index contributed by atoms with van der Waals surface area (Å²) in [5, 5.41) is 0. The van der Waals surface area contributed by atoms with Crippen molar-refractivity contribution in [2.24, 2.45) is 0 Å². The van der Waals surface area contributed by atoms with Gasteiger partial charge in [0.25, 0.3) is 0 Å². The van der Waals surface area contributed by atoms with E-state index in [1.54, 1.807) is 17.2 Å². The predicted molar refractivity (Wildman–Crippen MR) is 77.6 cm³/mol. The summed E-state index contributed by atoms with van der Waals surface area (Å²) in [7, 11) is 0. The summed E-state index contributed by atoms with van der Waals surface area (Å²) < 4.78 is 0. The van der Waals surface area contributed by atoms with Crippen molar-refractivity contribution >= 4 is 12.0 Å². The maximum Gasteiger partial charge on any atom is 0.246 e. The van der Waals surface area contributed by atoms with Gasteiger partial charge in [0.15, 0.2) is 0 Å². The van der Waals surface area contributed by atoms with E-state index in [2.05, 4.69) is 0 Å². The zero-order valence-electron chi connectivity index (χ0n) is 11.1. The normalized spacial score (nSPS) is 19.1. The lowest BCUT2D eigenvalue weighted by Gasteiger charge is -2.27. The number of hydrogen-bond donors (Lipinski definition) is 0. The van der Waals surface area contributed by atoms with Crippen molar-refractivity contribution in [3.63, 3.8) is 0 Å². The number of rotatable bonds is 2. The molecule has 2 heteroatoms. The van der Waals surface area contributed by atoms with E-state index < -0.39 is 0 Å². The quantitative estimate of drug-likeness (QED) is 0.584. The number of carbonyl (C=O) groups excluding carboxylic acids is 1. The minimum atomic E-state index is 0.142. The van der Waals surface area contributed by atoms with Crippen LogP contribution in [0.5, 0.6) is 0 Å². The van der Waals surface area contributed by atoms with Gasteiger partial charge >= 0.3 is 0 Å². The molecule has 0 radical (unpaired) electrons. The van der Waals surface area contributed by atoms with E-state index in [-0.39, 0.29) is 5.91 Å². The van der Waals surface area contributed by atoms with Crippen molar-refractivity contribution in [2.45, 2.75) is 25.7 Å². The Balaban J connectivity index is 1.56. The number of amides is 1. The van der Waals surface area contributed by atoms with Crippen molar-refractivity contribution in [3.05, 3.63) is 53.1 Å². The molecule has 0 spiro atoms. The average molecular weight is 253 g/mol. The van der Waals surface area contributed by atoms with Crippen LogP contribution in [0.15, 0.2) is 47.6 Å². The van der Waals surface area contributed by atoms with Crippen LogP contribution in [0.25, 0.3) is 6.08 Å². The summed E-state index contributed by atoms with van der Waals surface area (Å²) in [6, 6.07) is 9.97. The molecular formula is C17H19NO. The highest BCUT2D eigenvalue weighted by molar-refractivity contribution is 5.91. The molecule has 0 unspecified atom stereocenters. The van der Waals surface area contributed by atoms with Crippen LogP contribution >= 0.6 is 0 Å². The highest BCUT2D eigenvalue weighted by Gasteiger charge is 2.23. The third-order valence-corrected chi connectivity index (χ3v) is 3.90. The number of hydrogen-bond acceptors (Lipinski definition) is 1. The zero-order valence-corrected chi connectivity index (χ0v) is 11.1. The largest absolute Gasteiger partial charge is 0.339 e. The van der Waals surface area contributed by atoms with Gasteiger partial charge in [-0.2, -0.15) is 0 Å². The Hall–Kier alpha value is -1.83. The Morgan fingerprint density at radius 1 is 0.947 bits per heavy atom. The van der Waals surface area contributed by atoms with Gasteiger partial charge in [-0.3, -0.25) is 4.79 Å². The first-order chi connectivity index (χ1) is 9.33. The summed E-state index contributed by atoms with van der Waals surface area (Å²) in [4.78, 5) is 14.1. The third-order valence-electron chi connectivity index (χ3n) is 3.90. The fourth-order valence-electron chi connectivity index (χ4n) is 2.60. The molecule has 1 aromatic carbocycles. The first kappa shape index (κ1) is 12.2. The molecule has 0 aromatic heterocycles. The molecule has 1 heterocycles. The van der Waals surface area contributed by atoms with E-state index in [9.17, 15) is 4.79 Å². The highest BCUT2D eigenvalue weighted by atomic mass is 16.2. The third kappa shape index (κ3) is 3.14. The van der Waals surface area contributed by atoms with Crippen LogP contribution in [0.4, 0.5) is 0 Å². The van der Waals surface area contributed by atoms with Crippen molar-refractivity contribution in [1.82, 2.24) is 4.90 Å². The molecule has 1 aliphatic carbocycles. The molecule has 3 rings (SSSR count). The van der Waals surface area contributed by atoms with Crippen molar-refractivity contribution in [3.8, 4) is 0 Å². The fraction of sp³-hybridized carbons (Fsp3) is 0.353. The predicted octanol–water partition coefficient (Wildman–Crippen LogP) is 3.41.